The summed E-state index contributed by atoms with van der Waals surface area (Å²) in [5, 5.41) is 3.36. The van der Waals surface area contributed by atoms with Gasteiger partial charge >= 0.3 is 11.9 Å². The van der Waals surface area contributed by atoms with E-state index >= 15 is 0 Å². The van der Waals surface area contributed by atoms with Gasteiger partial charge in [-0.05, 0) is 41.5 Å². The lowest BCUT2D eigenvalue weighted by Gasteiger charge is -2.28. The van der Waals surface area contributed by atoms with E-state index in [0.29, 0.717) is 0 Å². The minimum Gasteiger partial charge on any atom is -0.464 e. The molecule has 0 aliphatic heterocycles. The number of carbonyl (C=O) groups excluding carboxylic acids is 2. The number of halogens is 2. The third-order valence-electron chi connectivity index (χ3n) is 2.82. The van der Waals surface area contributed by atoms with Crippen molar-refractivity contribution >= 4 is 34.1 Å². The van der Waals surface area contributed by atoms with E-state index in [-0.39, 0.29) is 6.61 Å². The van der Waals surface area contributed by atoms with Crippen molar-refractivity contribution in [2.75, 3.05) is 13.7 Å². The zero-order chi connectivity index (χ0) is 19.1. The molecule has 0 aliphatic rings. The highest BCUT2D eigenvalue weighted by Crippen LogP contribution is 2.23. The van der Waals surface area contributed by atoms with Gasteiger partial charge in [0.2, 0.25) is 0 Å². The molecule has 0 aliphatic carbocycles. The van der Waals surface area contributed by atoms with Gasteiger partial charge in [0.1, 0.15) is 13.7 Å². The molecule has 0 radical (unpaired) electrons. The first kappa shape index (κ1) is 22.8. The number of hydrogen-bond donors (Lipinski definition) is 0. The summed E-state index contributed by atoms with van der Waals surface area (Å²) in [6.45, 7) is 9.94. The monoisotopic (exact) mass is 411 g/mol. The van der Waals surface area contributed by atoms with E-state index in [0.717, 1.165) is 6.21 Å². The van der Waals surface area contributed by atoms with Crippen molar-refractivity contribution in [3.8, 4) is 0 Å². The number of ether oxygens (including phenoxy) is 2. The van der Waals surface area contributed by atoms with Crippen LogP contribution in [0.3, 0.4) is 0 Å². The van der Waals surface area contributed by atoms with Gasteiger partial charge in [0.25, 0.3) is 0 Å². The molecule has 24 heavy (non-hydrogen) atoms. The number of nitrogens with zero attached hydrogens (tertiary/aromatic N) is 1. The van der Waals surface area contributed by atoms with Crippen LogP contribution in [0.5, 0.6) is 0 Å². The molecular weight excluding hydrogens is 385 g/mol. The summed E-state index contributed by atoms with van der Waals surface area (Å²) in [5.74, 6) is -1.01. The molecule has 0 aromatic heterocycles. The summed E-state index contributed by atoms with van der Waals surface area (Å²) in [6, 6.07) is 0. The summed E-state index contributed by atoms with van der Waals surface area (Å²) in [5.41, 5.74) is -1.48. The minimum atomic E-state index is -1.73. The smallest absolute Gasteiger partial charge is 0.311 e. The quantitative estimate of drug-likeness (QED) is 0.278. The maximum absolute atomic E-state index is 14.3. The Hall–Kier alpha value is -1.18. The van der Waals surface area contributed by atoms with E-state index in [1.165, 1.54) is 7.11 Å². The summed E-state index contributed by atoms with van der Waals surface area (Å²) in [4.78, 5) is 27.6. The number of rotatable bonds is 7. The Morgan fingerprint density at radius 1 is 1.12 bits per heavy atom. The van der Waals surface area contributed by atoms with E-state index in [4.69, 9.17) is 9.47 Å². The van der Waals surface area contributed by atoms with Gasteiger partial charge in [-0.1, -0.05) is 21.1 Å². The molecule has 0 heterocycles. The highest BCUT2D eigenvalue weighted by molar-refractivity contribution is 9.09. The number of alkyl halides is 2. The number of oxime groups is 1. The fourth-order valence-electron chi connectivity index (χ4n) is 1.31. The van der Waals surface area contributed by atoms with E-state index in [1.54, 1.807) is 41.5 Å². The fraction of sp³-hybridized carbons (Fsp3) is 0.812. The zero-order valence-corrected chi connectivity index (χ0v) is 16.8. The number of esters is 2. The van der Waals surface area contributed by atoms with Crippen LogP contribution in [0.25, 0.3) is 0 Å². The van der Waals surface area contributed by atoms with Crippen LogP contribution in [0, 0.1) is 10.8 Å². The standard InChI is InChI=1S/C16H27BrFNO5/c1-15(2,3)13(20)23-9-10(17)12(11(18)8-19-22-7)24-14(21)16(4,5)6/h8,10-12H,9H2,1-7H3/b19-8+/t10-,11+,12+/m0/s1. The Bertz CT molecular complexity index is 456. The average molecular weight is 412 g/mol. The molecule has 0 amide bonds. The van der Waals surface area contributed by atoms with Crippen LogP contribution in [-0.4, -0.2) is 49.0 Å². The van der Waals surface area contributed by atoms with E-state index in [1.807, 2.05) is 0 Å². The summed E-state index contributed by atoms with van der Waals surface area (Å²) >= 11 is 3.23. The van der Waals surface area contributed by atoms with Gasteiger partial charge in [-0.2, -0.15) is 0 Å². The molecule has 8 heteroatoms. The van der Waals surface area contributed by atoms with Gasteiger partial charge in [0.15, 0.2) is 12.3 Å². The highest BCUT2D eigenvalue weighted by atomic mass is 79.9. The third-order valence-corrected chi connectivity index (χ3v) is 3.61. The molecule has 0 saturated heterocycles. The van der Waals surface area contributed by atoms with Crippen LogP contribution in [0.15, 0.2) is 5.16 Å². The predicted molar refractivity (Wildman–Crippen MR) is 92.9 cm³/mol. The van der Waals surface area contributed by atoms with Gasteiger partial charge < -0.3 is 14.3 Å². The average Bonchev–Trinajstić information content (AvgIpc) is 2.44. The van der Waals surface area contributed by atoms with Gasteiger partial charge in [-0.25, -0.2) is 4.39 Å². The molecule has 0 N–H and O–H groups in total. The van der Waals surface area contributed by atoms with Crippen LogP contribution in [-0.2, 0) is 23.9 Å². The second kappa shape index (κ2) is 9.34. The van der Waals surface area contributed by atoms with E-state index in [9.17, 15) is 14.0 Å². The fourth-order valence-corrected chi connectivity index (χ4v) is 1.84. The maximum atomic E-state index is 14.3. The minimum absolute atomic E-state index is 0.153. The van der Waals surface area contributed by atoms with Crippen molar-refractivity contribution < 1.29 is 28.3 Å². The predicted octanol–water partition coefficient (Wildman–Crippen LogP) is 3.27. The third kappa shape index (κ3) is 8.08. The van der Waals surface area contributed by atoms with Gasteiger partial charge in [-0.3, -0.25) is 9.59 Å². The first-order chi connectivity index (χ1) is 10.8. The second-order valence-corrected chi connectivity index (χ2v) is 8.54. The van der Waals surface area contributed by atoms with Gasteiger partial charge in [0.05, 0.1) is 21.9 Å². The molecule has 3 atom stereocenters. The normalized spacial score (nSPS) is 16.4. The Kier molecular flexibility index (Phi) is 8.88. The Morgan fingerprint density at radius 2 is 1.62 bits per heavy atom. The second-order valence-electron chi connectivity index (χ2n) is 7.37. The molecular formula is C16H27BrFNO5. The summed E-state index contributed by atoms with van der Waals surface area (Å²) < 4.78 is 24.7. The highest BCUT2D eigenvalue weighted by Gasteiger charge is 2.36. The summed E-state index contributed by atoms with van der Waals surface area (Å²) in [7, 11) is 1.27. The lowest BCUT2D eigenvalue weighted by Crippen LogP contribution is -2.42. The lowest BCUT2D eigenvalue weighted by molar-refractivity contribution is -0.162. The van der Waals surface area contributed by atoms with Crippen LogP contribution in [0.4, 0.5) is 4.39 Å². The molecule has 0 spiro atoms. The Labute approximate surface area is 151 Å². The summed E-state index contributed by atoms with van der Waals surface area (Å²) in [6.07, 6.45) is -2.06. The lowest BCUT2D eigenvalue weighted by atomic mass is 9.97. The Balaban J connectivity index is 5.06. The number of hydrogen-bond acceptors (Lipinski definition) is 6. The first-order valence-electron chi connectivity index (χ1n) is 7.53. The van der Waals surface area contributed by atoms with Crippen LogP contribution >= 0.6 is 15.9 Å². The first-order valence-corrected chi connectivity index (χ1v) is 8.45. The molecule has 6 nitrogen and oxygen atoms in total. The largest absolute Gasteiger partial charge is 0.464 e. The Morgan fingerprint density at radius 3 is 2.04 bits per heavy atom. The topological polar surface area (TPSA) is 74.2 Å². The zero-order valence-electron chi connectivity index (χ0n) is 15.3. The molecule has 0 aromatic rings. The maximum Gasteiger partial charge on any atom is 0.311 e. The van der Waals surface area contributed by atoms with E-state index in [2.05, 4.69) is 25.9 Å². The van der Waals surface area contributed by atoms with Crippen LogP contribution < -0.4 is 0 Å². The van der Waals surface area contributed by atoms with Crippen molar-refractivity contribution in [3.63, 3.8) is 0 Å². The van der Waals surface area contributed by atoms with Crippen LogP contribution in [0.1, 0.15) is 41.5 Å². The van der Waals surface area contributed by atoms with Crippen LogP contribution in [0.2, 0.25) is 0 Å². The molecule has 0 bridgehead atoms. The van der Waals surface area contributed by atoms with Gasteiger partial charge in [-0.15, -0.1) is 0 Å². The van der Waals surface area contributed by atoms with Gasteiger partial charge in [0, 0.05) is 0 Å². The van der Waals surface area contributed by atoms with Crippen molar-refractivity contribution in [1.29, 1.82) is 0 Å². The molecule has 140 valence electrons. The van der Waals surface area contributed by atoms with Crippen molar-refractivity contribution in [2.45, 2.75) is 58.6 Å². The van der Waals surface area contributed by atoms with Crippen molar-refractivity contribution in [1.82, 2.24) is 0 Å². The van der Waals surface area contributed by atoms with Crippen molar-refractivity contribution in [2.24, 2.45) is 16.0 Å². The molecule has 0 fully saturated rings. The van der Waals surface area contributed by atoms with E-state index < -0.39 is 39.9 Å². The molecule has 0 unspecified atom stereocenters. The molecule has 0 rings (SSSR count). The number of carbonyl (C=O) groups is 2. The molecule has 0 saturated carbocycles. The van der Waals surface area contributed by atoms with Crippen molar-refractivity contribution in [3.05, 3.63) is 0 Å². The molecule has 0 aromatic carbocycles. The SMILES string of the molecule is CO/N=C/[C@@H](F)[C@H](OC(=O)C(C)(C)C)[C@@H](Br)COC(=O)C(C)(C)C.